The van der Waals surface area contributed by atoms with Crippen LogP contribution in [0.4, 0.5) is 10.1 Å². The molecule has 96 valence electrons. The fourth-order valence-electron chi connectivity index (χ4n) is 1.67. The highest BCUT2D eigenvalue weighted by Crippen LogP contribution is 2.27. The van der Waals surface area contributed by atoms with Crippen LogP contribution in [-0.2, 0) is 0 Å². The van der Waals surface area contributed by atoms with Gasteiger partial charge in [0.25, 0.3) is 0 Å². The predicted molar refractivity (Wildman–Crippen MR) is 74.8 cm³/mol. The molecule has 0 saturated carbocycles. The lowest BCUT2D eigenvalue weighted by Gasteiger charge is -2.14. The largest absolute Gasteiger partial charge is 0.365 e. The first kappa shape index (κ1) is 13.7. The third kappa shape index (κ3) is 3.37. The molecule has 0 aliphatic rings. The van der Waals surface area contributed by atoms with Crippen LogP contribution in [0.5, 0.6) is 0 Å². The quantitative estimate of drug-likeness (QED) is 0.882. The summed E-state index contributed by atoms with van der Waals surface area (Å²) in [6, 6.07) is 12.4. The number of nitriles is 1. The summed E-state index contributed by atoms with van der Waals surface area (Å²) in [6.07, 6.45) is 0. The lowest BCUT2D eigenvalue weighted by atomic mass is 10.1. The van der Waals surface area contributed by atoms with Gasteiger partial charge in [0, 0.05) is 5.02 Å². The second kappa shape index (κ2) is 5.92. The van der Waals surface area contributed by atoms with Crippen LogP contribution in [-0.4, -0.2) is 0 Å². The highest BCUT2D eigenvalue weighted by Gasteiger charge is 2.13. The number of halogens is 3. The van der Waals surface area contributed by atoms with Crippen molar-refractivity contribution in [3.05, 3.63) is 63.9 Å². The van der Waals surface area contributed by atoms with E-state index in [2.05, 4.69) is 11.4 Å². The third-order valence-electron chi connectivity index (χ3n) is 2.52. The van der Waals surface area contributed by atoms with E-state index in [1.165, 1.54) is 12.1 Å². The van der Waals surface area contributed by atoms with Crippen molar-refractivity contribution in [3.8, 4) is 6.07 Å². The number of nitrogens with zero attached hydrogens (tertiary/aromatic N) is 1. The van der Waals surface area contributed by atoms with Gasteiger partial charge in [0.15, 0.2) is 0 Å². The Hall–Kier alpha value is -1.76. The molecule has 19 heavy (non-hydrogen) atoms. The number of rotatable bonds is 3. The van der Waals surface area contributed by atoms with Crippen molar-refractivity contribution in [1.82, 2.24) is 0 Å². The highest BCUT2D eigenvalue weighted by atomic mass is 35.5. The van der Waals surface area contributed by atoms with Crippen molar-refractivity contribution in [3.63, 3.8) is 0 Å². The molecule has 0 heterocycles. The fraction of sp³-hybridized carbons (Fsp3) is 0.0714. The topological polar surface area (TPSA) is 35.8 Å². The van der Waals surface area contributed by atoms with E-state index in [0.29, 0.717) is 16.3 Å². The average molecular weight is 295 g/mol. The number of para-hydroxylation sites is 1. The van der Waals surface area contributed by atoms with Gasteiger partial charge in [0.05, 0.1) is 16.8 Å². The van der Waals surface area contributed by atoms with Crippen molar-refractivity contribution >= 4 is 28.9 Å². The summed E-state index contributed by atoms with van der Waals surface area (Å²) >= 11 is 11.8. The van der Waals surface area contributed by atoms with Gasteiger partial charge in [0.1, 0.15) is 11.9 Å². The lowest BCUT2D eigenvalue weighted by Crippen LogP contribution is -2.09. The summed E-state index contributed by atoms with van der Waals surface area (Å²) in [7, 11) is 0. The van der Waals surface area contributed by atoms with Crippen LogP contribution in [0, 0.1) is 17.1 Å². The van der Waals surface area contributed by atoms with E-state index in [1.807, 2.05) is 0 Å². The van der Waals surface area contributed by atoms with Gasteiger partial charge in [-0.25, -0.2) is 4.39 Å². The van der Waals surface area contributed by atoms with Crippen molar-refractivity contribution in [1.29, 1.82) is 5.26 Å². The SMILES string of the molecule is N#CC(Nc1ccccc1Cl)c1cc(F)cc(Cl)c1. The van der Waals surface area contributed by atoms with Gasteiger partial charge in [-0.3, -0.25) is 0 Å². The minimum absolute atomic E-state index is 0.246. The Morgan fingerprint density at radius 1 is 1.16 bits per heavy atom. The molecule has 0 spiro atoms. The van der Waals surface area contributed by atoms with E-state index in [0.717, 1.165) is 0 Å². The summed E-state index contributed by atoms with van der Waals surface area (Å²) in [4.78, 5) is 0. The molecule has 0 amide bonds. The highest BCUT2D eigenvalue weighted by molar-refractivity contribution is 6.33. The van der Waals surface area contributed by atoms with Gasteiger partial charge < -0.3 is 5.32 Å². The van der Waals surface area contributed by atoms with E-state index < -0.39 is 11.9 Å². The fourth-order valence-corrected chi connectivity index (χ4v) is 2.09. The van der Waals surface area contributed by atoms with Crippen molar-refractivity contribution in [2.45, 2.75) is 6.04 Å². The van der Waals surface area contributed by atoms with Crippen LogP contribution in [0.25, 0.3) is 0 Å². The standard InChI is InChI=1S/C14H9Cl2FN2/c15-10-5-9(6-11(17)7-10)14(8-18)19-13-4-2-1-3-12(13)16/h1-7,14,19H. The van der Waals surface area contributed by atoms with E-state index >= 15 is 0 Å². The first-order chi connectivity index (χ1) is 9.10. The second-order valence-corrected chi connectivity index (χ2v) is 4.73. The molecule has 0 bridgehead atoms. The van der Waals surface area contributed by atoms with Crippen LogP contribution < -0.4 is 5.32 Å². The average Bonchev–Trinajstić information content (AvgIpc) is 2.36. The van der Waals surface area contributed by atoms with Crippen LogP contribution in [0.3, 0.4) is 0 Å². The summed E-state index contributed by atoms with van der Waals surface area (Å²) in [6.45, 7) is 0. The maximum atomic E-state index is 13.3. The Labute approximate surface area is 120 Å². The van der Waals surface area contributed by atoms with Crippen LogP contribution >= 0.6 is 23.2 Å². The Balaban J connectivity index is 2.31. The van der Waals surface area contributed by atoms with Gasteiger partial charge >= 0.3 is 0 Å². The molecule has 0 aliphatic carbocycles. The molecule has 2 aromatic carbocycles. The van der Waals surface area contributed by atoms with Gasteiger partial charge in [-0.2, -0.15) is 5.26 Å². The van der Waals surface area contributed by atoms with Crippen LogP contribution in [0.2, 0.25) is 10.0 Å². The Morgan fingerprint density at radius 3 is 2.53 bits per heavy atom. The van der Waals surface area contributed by atoms with Gasteiger partial charge in [-0.1, -0.05) is 35.3 Å². The summed E-state index contributed by atoms with van der Waals surface area (Å²) in [5.41, 5.74) is 1.06. The predicted octanol–water partition coefficient (Wildman–Crippen LogP) is 4.81. The van der Waals surface area contributed by atoms with Crippen molar-refractivity contribution < 1.29 is 4.39 Å². The van der Waals surface area contributed by atoms with Gasteiger partial charge in [-0.05, 0) is 35.9 Å². The minimum atomic E-state index is -0.729. The molecule has 0 saturated heterocycles. The minimum Gasteiger partial charge on any atom is -0.365 e. The molecule has 0 aliphatic heterocycles. The molecule has 1 unspecified atom stereocenters. The van der Waals surface area contributed by atoms with Gasteiger partial charge in [0.2, 0.25) is 0 Å². The van der Waals surface area contributed by atoms with Crippen molar-refractivity contribution in [2.24, 2.45) is 0 Å². The van der Waals surface area contributed by atoms with Crippen molar-refractivity contribution in [2.75, 3.05) is 5.32 Å². The van der Waals surface area contributed by atoms with E-state index in [9.17, 15) is 9.65 Å². The molecule has 2 nitrogen and oxygen atoms in total. The molecule has 2 aromatic rings. The molecular weight excluding hydrogens is 286 g/mol. The summed E-state index contributed by atoms with van der Waals surface area (Å²) in [5, 5.41) is 12.9. The third-order valence-corrected chi connectivity index (χ3v) is 3.07. The maximum absolute atomic E-state index is 13.3. The molecule has 1 N–H and O–H groups in total. The van der Waals surface area contributed by atoms with E-state index in [4.69, 9.17) is 23.2 Å². The number of anilines is 1. The zero-order valence-electron chi connectivity index (χ0n) is 9.70. The zero-order valence-corrected chi connectivity index (χ0v) is 11.2. The molecule has 5 heteroatoms. The molecule has 2 rings (SSSR count). The normalized spacial score (nSPS) is 11.7. The van der Waals surface area contributed by atoms with Crippen LogP contribution in [0.1, 0.15) is 11.6 Å². The summed E-state index contributed by atoms with van der Waals surface area (Å²) < 4.78 is 13.3. The maximum Gasteiger partial charge on any atom is 0.140 e. The number of nitrogens with one attached hydrogen (secondary N) is 1. The molecule has 0 aromatic heterocycles. The zero-order chi connectivity index (χ0) is 13.8. The van der Waals surface area contributed by atoms with Crippen LogP contribution in [0.15, 0.2) is 42.5 Å². The molecule has 0 radical (unpaired) electrons. The smallest absolute Gasteiger partial charge is 0.140 e. The first-order valence-corrected chi connectivity index (χ1v) is 6.22. The number of benzene rings is 2. The Bertz CT molecular complexity index is 617. The molecule has 1 atom stereocenters. The number of hydrogen-bond acceptors (Lipinski definition) is 2. The van der Waals surface area contributed by atoms with E-state index in [1.54, 1.807) is 30.3 Å². The summed E-state index contributed by atoms with van der Waals surface area (Å²) in [5.74, 6) is -0.483. The second-order valence-electron chi connectivity index (χ2n) is 3.89. The monoisotopic (exact) mass is 294 g/mol. The first-order valence-electron chi connectivity index (χ1n) is 5.47. The Kier molecular flexibility index (Phi) is 4.26. The van der Waals surface area contributed by atoms with Gasteiger partial charge in [-0.15, -0.1) is 0 Å². The Morgan fingerprint density at radius 2 is 1.89 bits per heavy atom. The lowest BCUT2D eigenvalue weighted by molar-refractivity contribution is 0.625. The molecular formula is C14H9Cl2FN2. The number of hydrogen-bond donors (Lipinski definition) is 1. The molecule has 0 fully saturated rings. The van der Waals surface area contributed by atoms with E-state index in [-0.39, 0.29) is 5.02 Å².